The largest absolute Gasteiger partial charge is 0.360 e. The van der Waals surface area contributed by atoms with Gasteiger partial charge >= 0.3 is 6.03 Å². The first kappa shape index (κ1) is 16.7. The SMILES string of the molecule is Cc1cccc2c(C3=CCN(C(=O)Nc4cccc(Cl)c4)CC3)c[nH]c12. The summed E-state index contributed by atoms with van der Waals surface area (Å²) in [6.45, 7) is 3.40. The summed E-state index contributed by atoms with van der Waals surface area (Å²) >= 11 is 5.97. The molecule has 0 radical (unpaired) electrons. The molecule has 0 aliphatic carbocycles. The minimum atomic E-state index is -0.0997. The van der Waals surface area contributed by atoms with Crippen molar-refractivity contribution in [2.24, 2.45) is 0 Å². The Bertz CT molecular complexity index is 1010. The Labute approximate surface area is 157 Å². The number of amides is 2. The zero-order chi connectivity index (χ0) is 18.1. The number of carbonyl (C=O) groups excluding carboxylic acids is 1. The summed E-state index contributed by atoms with van der Waals surface area (Å²) in [7, 11) is 0. The maximum absolute atomic E-state index is 12.5. The average molecular weight is 366 g/mol. The lowest BCUT2D eigenvalue weighted by atomic mass is 9.98. The van der Waals surface area contributed by atoms with E-state index in [0.29, 0.717) is 23.8 Å². The number of nitrogens with zero attached hydrogens (tertiary/aromatic N) is 1. The molecule has 0 fully saturated rings. The summed E-state index contributed by atoms with van der Waals surface area (Å²) in [5.41, 5.74) is 5.66. The van der Waals surface area contributed by atoms with E-state index in [0.717, 1.165) is 6.42 Å². The summed E-state index contributed by atoms with van der Waals surface area (Å²) in [6.07, 6.45) is 5.06. The summed E-state index contributed by atoms with van der Waals surface area (Å²) in [6, 6.07) is 13.4. The molecule has 1 aliphatic heterocycles. The molecule has 0 unspecified atom stereocenters. The van der Waals surface area contributed by atoms with Crippen LogP contribution in [0.1, 0.15) is 17.5 Å². The Kier molecular flexibility index (Phi) is 4.43. The van der Waals surface area contributed by atoms with Crippen LogP contribution in [0.3, 0.4) is 0 Å². The minimum Gasteiger partial charge on any atom is -0.360 e. The number of rotatable bonds is 2. The molecule has 0 spiro atoms. The Morgan fingerprint density at radius 1 is 1.23 bits per heavy atom. The molecule has 2 heterocycles. The third-order valence-corrected chi connectivity index (χ3v) is 5.08. The molecule has 1 aromatic heterocycles. The number of halogens is 1. The van der Waals surface area contributed by atoms with Crippen LogP contribution in [0.5, 0.6) is 0 Å². The molecule has 3 aromatic rings. The number of H-pyrrole nitrogens is 1. The van der Waals surface area contributed by atoms with Crippen LogP contribution in [0.4, 0.5) is 10.5 Å². The second kappa shape index (κ2) is 6.89. The smallest absolute Gasteiger partial charge is 0.322 e. The van der Waals surface area contributed by atoms with E-state index in [4.69, 9.17) is 11.6 Å². The van der Waals surface area contributed by atoms with E-state index in [-0.39, 0.29) is 6.03 Å². The van der Waals surface area contributed by atoms with Crippen molar-refractivity contribution in [2.45, 2.75) is 13.3 Å². The van der Waals surface area contributed by atoms with E-state index in [1.807, 2.05) is 17.0 Å². The van der Waals surface area contributed by atoms with E-state index >= 15 is 0 Å². The van der Waals surface area contributed by atoms with Gasteiger partial charge in [-0.05, 0) is 42.7 Å². The molecule has 0 saturated heterocycles. The number of fused-ring (bicyclic) bond motifs is 1. The second-order valence-corrected chi connectivity index (χ2v) is 7.00. The molecular formula is C21H20ClN3O. The molecule has 1 aliphatic rings. The van der Waals surface area contributed by atoms with Crippen molar-refractivity contribution >= 4 is 39.8 Å². The molecule has 2 aromatic carbocycles. The van der Waals surface area contributed by atoms with E-state index < -0.39 is 0 Å². The number of hydrogen-bond donors (Lipinski definition) is 2. The van der Waals surface area contributed by atoms with Gasteiger partial charge in [0.15, 0.2) is 0 Å². The normalized spacial score (nSPS) is 14.4. The van der Waals surface area contributed by atoms with Crippen molar-refractivity contribution in [3.63, 3.8) is 0 Å². The van der Waals surface area contributed by atoms with Gasteiger partial charge in [-0.1, -0.05) is 41.9 Å². The molecule has 0 saturated carbocycles. The van der Waals surface area contributed by atoms with Crippen LogP contribution in [-0.2, 0) is 0 Å². The molecule has 4 nitrogen and oxygen atoms in total. The molecule has 0 atom stereocenters. The quantitative estimate of drug-likeness (QED) is 0.623. The van der Waals surface area contributed by atoms with E-state index in [1.54, 1.807) is 12.1 Å². The highest BCUT2D eigenvalue weighted by atomic mass is 35.5. The van der Waals surface area contributed by atoms with E-state index in [2.05, 4.69) is 47.7 Å². The Morgan fingerprint density at radius 3 is 2.85 bits per heavy atom. The number of carbonyl (C=O) groups is 1. The first-order valence-corrected chi connectivity index (χ1v) is 9.07. The third kappa shape index (κ3) is 3.20. The number of aromatic amines is 1. The summed E-state index contributed by atoms with van der Waals surface area (Å²) in [4.78, 5) is 17.7. The predicted molar refractivity (Wildman–Crippen MR) is 108 cm³/mol. The minimum absolute atomic E-state index is 0.0997. The highest BCUT2D eigenvalue weighted by Gasteiger charge is 2.19. The van der Waals surface area contributed by atoms with Crippen molar-refractivity contribution < 1.29 is 4.79 Å². The molecule has 0 bridgehead atoms. The lowest BCUT2D eigenvalue weighted by Crippen LogP contribution is -2.37. The van der Waals surface area contributed by atoms with Gasteiger partial charge in [-0.25, -0.2) is 4.79 Å². The maximum Gasteiger partial charge on any atom is 0.322 e. The lowest BCUT2D eigenvalue weighted by Gasteiger charge is -2.26. The zero-order valence-corrected chi connectivity index (χ0v) is 15.3. The lowest BCUT2D eigenvalue weighted by molar-refractivity contribution is 0.217. The number of urea groups is 1. The van der Waals surface area contributed by atoms with E-state index in [1.165, 1.54) is 27.6 Å². The van der Waals surface area contributed by atoms with E-state index in [9.17, 15) is 4.79 Å². The van der Waals surface area contributed by atoms with Gasteiger partial charge in [0.1, 0.15) is 0 Å². The van der Waals surface area contributed by atoms with Gasteiger partial charge in [0.2, 0.25) is 0 Å². The first-order valence-electron chi connectivity index (χ1n) is 8.69. The molecule has 2 N–H and O–H groups in total. The number of nitrogens with one attached hydrogen (secondary N) is 2. The summed E-state index contributed by atoms with van der Waals surface area (Å²) < 4.78 is 0. The van der Waals surface area contributed by atoms with Gasteiger partial charge in [0, 0.05) is 46.5 Å². The number of benzene rings is 2. The average Bonchev–Trinajstić information content (AvgIpc) is 3.07. The number of hydrogen-bond acceptors (Lipinski definition) is 1. The Morgan fingerprint density at radius 2 is 2.08 bits per heavy atom. The Hall–Kier alpha value is -2.72. The zero-order valence-electron chi connectivity index (χ0n) is 14.6. The second-order valence-electron chi connectivity index (χ2n) is 6.57. The molecule has 5 heteroatoms. The van der Waals surface area contributed by atoms with Gasteiger partial charge in [-0.3, -0.25) is 0 Å². The molecule has 26 heavy (non-hydrogen) atoms. The summed E-state index contributed by atoms with van der Waals surface area (Å²) in [5, 5.41) is 4.76. The summed E-state index contributed by atoms with van der Waals surface area (Å²) in [5.74, 6) is 0. The maximum atomic E-state index is 12.5. The van der Waals surface area contributed by atoms with Crippen LogP contribution >= 0.6 is 11.6 Å². The highest BCUT2D eigenvalue weighted by Crippen LogP contribution is 2.30. The Balaban J connectivity index is 1.49. The van der Waals surface area contributed by atoms with Crippen LogP contribution in [0, 0.1) is 6.92 Å². The number of aromatic nitrogens is 1. The number of anilines is 1. The molecule has 132 valence electrons. The van der Waals surface area contributed by atoms with Gasteiger partial charge in [0.05, 0.1) is 0 Å². The van der Waals surface area contributed by atoms with Crippen molar-refractivity contribution in [1.82, 2.24) is 9.88 Å². The van der Waals surface area contributed by atoms with Crippen molar-refractivity contribution in [3.8, 4) is 0 Å². The monoisotopic (exact) mass is 365 g/mol. The fraction of sp³-hybridized carbons (Fsp3) is 0.190. The molecular weight excluding hydrogens is 346 g/mol. The fourth-order valence-corrected chi connectivity index (χ4v) is 3.63. The first-order chi connectivity index (χ1) is 12.6. The highest BCUT2D eigenvalue weighted by molar-refractivity contribution is 6.30. The van der Waals surface area contributed by atoms with Gasteiger partial charge in [-0.15, -0.1) is 0 Å². The van der Waals surface area contributed by atoms with Crippen LogP contribution in [0.25, 0.3) is 16.5 Å². The number of para-hydroxylation sites is 1. The van der Waals surface area contributed by atoms with Crippen molar-refractivity contribution in [3.05, 3.63) is 70.9 Å². The molecule has 4 rings (SSSR count). The standard InChI is InChI=1S/C21H20ClN3O/c1-14-4-2-7-18-19(13-23-20(14)18)15-8-10-25(11-9-15)21(26)24-17-6-3-5-16(22)12-17/h2-8,12-13,23H,9-11H2,1H3,(H,24,26). The van der Waals surface area contributed by atoms with Crippen molar-refractivity contribution in [2.75, 3.05) is 18.4 Å². The number of aryl methyl sites for hydroxylation is 1. The third-order valence-electron chi connectivity index (χ3n) is 4.84. The van der Waals surface area contributed by atoms with Crippen LogP contribution in [0.15, 0.2) is 54.7 Å². The van der Waals surface area contributed by atoms with Crippen LogP contribution < -0.4 is 5.32 Å². The van der Waals surface area contributed by atoms with Gasteiger partial charge in [0.25, 0.3) is 0 Å². The van der Waals surface area contributed by atoms with Crippen molar-refractivity contribution in [1.29, 1.82) is 0 Å². The topological polar surface area (TPSA) is 48.1 Å². The fourth-order valence-electron chi connectivity index (χ4n) is 3.44. The van der Waals surface area contributed by atoms with Gasteiger partial charge in [-0.2, -0.15) is 0 Å². The van der Waals surface area contributed by atoms with Crippen LogP contribution in [-0.4, -0.2) is 29.0 Å². The van der Waals surface area contributed by atoms with Gasteiger partial charge < -0.3 is 15.2 Å². The molecule has 2 amide bonds. The van der Waals surface area contributed by atoms with Crippen LogP contribution in [0.2, 0.25) is 5.02 Å². The predicted octanol–water partition coefficient (Wildman–Crippen LogP) is 5.45.